The van der Waals surface area contributed by atoms with Crippen molar-refractivity contribution in [2.24, 2.45) is 0 Å². The predicted octanol–water partition coefficient (Wildman–Crippen LogP) is 2.94. The molecule has 1 aromatic carbocycles. The number of aryl methyl sites for hydroxylation is 1. The Kier molecular flexibility index (Phi) is 1.72. The van der Waals surface area contributed by atoms with Gasteiger partial charge in [-0.05, 0) is 25.5 Å². The van der Waals surface area contributed by atoms with E-state index in [4.69, 9.17) is 0 Å². The summed E-state index contributed by atoms with van der Waals surface area (Å²) in [7, 11) is 0. The number of carbonyl (C=O) groups is 1. The first-order valence-corrected chi connectivity index (χ1v) is 4.88. The van der Waals surface area contributed by atoms with Crippen LogP contribution in [0.15, 0.2) is 18.2 Å². The van der Waals surface area contributed by atoms with Gasteiger partial charge in [0, 0.05) is 10.8 Å². The van der Waals surface area contributed by atoms with Crippen LogP contribution in [0, 0.1) is 6.92 Å². The van der Waals surface area contributed by atoms with E-state index in [2.05, 4.69) is 19.1 Å². The van der Waals surface area contributed by atoms with Gasteiger partial charge < -0.3 is 0 Å². The van der Waals surface area contributed by atoms with Crippen LogP contribution in [0.25, 0.3) is 0 Å². The van der Waals surface area contributed by atoms with Crippen LogP contribution in [0.1, 0.15) is 33.7 Å². The number of benzene rings is 1. The summed E-state index contributed by atoms with van der Waals surface area (Å²) < 4.78 is 0. The fourth-order valence-electron chi connectivity index (χ4n) is 1.49. The molecule has 0 aromatic heterocycles. The third kappa shape index (κ3) is 1.07. The summed E-state index contributed by atoms with van der Waals surface area (Å²) in [5.74, 6) is 0. The van der Waals surface area contributed by atoms with E-state index in [0.717, 1.165) is 11.1 Å². The number of hydrogen-bond acceptors (Lipinski definition) is 2. The lowest BCUT2D eigenvalue weighted by Gasteiger charge is -2.01. The molecule has 1 aliphatic rings. The minimum absolute atomic E-state index is 0.223. The van der Waals surface area contributed by atoms with E-state index < -0.39 is 0 Å². The zero-order chi connectivity index (χ0) is 8.72. The minimum atomic E-state index is 0.223. The summed E-state index contributed by atoms with van der Waals surface area (Å²) in [6, 6.07) is 6.11. The van der Waals surface area contributed by atoms with Gasteiger partial charge in [-0.25, -0.2) is 0 Å². The van der Waals surface area contributed by atoms with Crippen LogP contribution in [0.3, 0.4) is 0 Å². The maximum absolute atomic E-state index is 11.4. The van der Waals surface area contributed by atoms with Gasteiger partial charge in [-0.15, -0.1) is 0 Å². The van der Waals surface area contributed by atoms with Gasteiger partial charge in [0.1, 0.15) is 0 Å². The fourth-order valence-corrected chi connectivity index (χ4v) is 2.45. The maximum atomic E-state index is 11.4. The van der Waals surface area contributed by atoms with Gasteiger partial charge in [-0.2, -0.15) is 0 Å². The van der Waals surface area contributed by atoms with Gasteiger partial charge in [0.2, 0.25) is 5.12 Å². The summed E-state index contributed by atoms with van der Waals surface area (Å²) in [6.07, 6.45) is 0. The van der Waals surface area contributed by atoms with E-state index in [1.54, 1.807) is 0 Å². The van der Waals surface area contributed by atoms with Crippen molar-refractivity contribution in [2.75, 3.05) is 0 Å². The molecule has 1 unspecified atom stereocenters. The van der Waals surface area contributed by atoms with E-state index >= 15 is 0 Å². The van der Waals surface area contributed by atoms with Crippen LogP contribution in [0.4, 0.5) is 0 Å². The summed E-state index contributed by atoms with van der Waals surface area (Å²) >= 11 is 1.42. The van der Waals surface area contributed by atoms with Crippen molar-refractivity contribution in [3.63, 3.8) is 0 Å². The largest absolute Gasteiger partial charge is 0.282 e. The molecule has 0 bridgehead atoms. The smallest absolute Gasteiger partial charge is 0.220 e. The Balaban J connectivity index is 2.60. The first kappa shape index (κ1) is 7.87. The van der Waals surface area contributed by atoms with Gasteiger partial charge in [-0.3, -0.25) is 4.79 Å². The molecule has 1 nitrogen and oxygen atoms in total. The SMILES string of the molecule is Cc1ccc2c(c1)C(=O)SC2C. The van der Waals surface area contributed by atoms with Gasteiger partial charge in [0.25, 0.3) is 0 Å². The average Bonchev–Trinajstić information content (AvgIpc) is 2.28. The Morgan fingerprint density at radius 1 is 1.42 bits per heavy atom. The number of fused-ring (bicyclic) bond motifs is 1. The van der Waals surface area contributed by atoms with Crippen molar-refractivity contribution in [3.8, 4) is 0 Å². The zero-order valence-corrected chi connectivity index (χ0v) is 7.94. The summed E-state index contributed by atoms with van der Waals surface area (Å²) in [5, 5.41) is 0.564. The molecule has 1 aromatic rings. The van der Waals surface area contributed by atoms with Gasteiger partial charge in [0.05, 0.1) is 0 Å². The van der Waals surface area contributed by atoms with E-state index in [1.165, 1.54) is 17.3 Å². The van der Waals surface area contributed by atoms with Crippen molar-refractivity contribution in [1.82, 2.24) is 0 Å². The van der Waals surface area contributed by atoms with Crippen LogP contribution in [0.2, 0.25) is 0 Å². The summed E-state index contributed by atoms with van der Waals surface area (Å²) in [4.78, 5) is 11.4. The van der Waals surface area contributed by atoms with Crippen LogP contribution in [0.5, 0.6) is 0 Å². The normalized spacial score (nSPS) is 21.2. The highest BCUT2D eigenvalue weighted by Gasteiger charge is 2.26. The standard InChI is InChI=1S/C10H10OS/c1-6-3-4-8-7(2)12-10(11)9(8)5-6/h3-5,7H,1-2H3. The second kappa shape index (κ2) is 2.63. The Hall–Kier alpha value is -0.760. The third-order valence-electron chi connectivity index (χ3n) is 2.15. The monoisotopic (exact) mass is 178 g/mol. The molecule has 12 heavy (non-hydrogen) atoms. The molecular weight excluding hydrogens is 168 g/mol. The molecule has 0 radical (unpaired) electrons. The van der Waals surface area contributed by atoms with E-state index in [1.807, 2.05) is 13.0 Å². The molecule has 2 heteroatoms. The lowest BCUT2D eigenvalue weighted by Crippen LogP contribution is -1.89. The summed E-state index contributed by atoms with van der Waals surface area (Å²) in [6.45, 7) is 4.09. The van der Waals surface area contributed by atoms with Crippen molar-refractivity contribution in [1.29, 1.82) is 0 Å². The lowest BCUT2D eigenvalue weighted by atomic mass is 10.0. The van der Waals surface area contributed by atoms with Crippen molar-refractivity contribution >= 4 is 16.9 Å². The highest BCUT2D eigenvalue weighted by Crippen LogP contribution is 2.40. The molecule has 1 heterocycles. The Morgan fingerprint density at radius 3 is 2.92 bits per heavy atom. The molecule has 2 rings (SSSR count). The fraction of sp³-hybridized carbons (Fsp3) is 0.300. The molecular formula is C10H10OS. The Bertz CT molecular complexity index is 344. The van der Waals surface area contributed by atoms with Crippen LogP contribution < -0.4 is 0 Å². The van der Waals surface area contributed by atoms with Gasteiger partial charge in [0.15, 0.2) is 0 Å². The van der Waals surface area contributed by atoms with Crippen LogP contribution in [-0.4, -0.2) is 5.12 Å². The minimum Gasteiger partial charge on any atom is -0.282 e. The molecule has 0 saturated heterocycles. The zero-order valence-electron chi connectivity index (χ0n) is 7.13. The average molecular weight is 178 g/mol. The van der Waals surface area contributed by atoms with Crippen molar-refractivity contribution in [2.45, 2.75) is 19.1 Å². The first-order valence-electron chi connectivity index (χ1n) is 4.00. The van der Waals surface area contributed by atoms with Crippen LogP contribution >= 0.6 is 11.8 Å². The van der Waals surface area contributed by atoms with E-state index in [9.17, 15) is 4.79 Å². The van der Waals surface area contributed by atoms with Crippen molar-refractivity contribution in [3.05, 3.63) is 34.9 Å². The topological polar surface area (TPSA) is 17.1 Å². The van der Waals surface area contributed by atoms with E-state index in [0.29, 0.717) is 5.25 Å². The van der Waals surface area contributed by atoms with E-state index in [-0.39, 0.29) is 5.12 Å². The molecule has 0 amide bonds. The highest BCUT2D eigenvalue weighted by molar-refractivity contribution is 8.14. The quantitative estimate of drug-likeness (QED) is 0.607. The van der Waals surface area contributed by atoms with Gasteiger partial charge in [-0.1, -0.05) is 29.5 Å². The third-order valence-corrected chi connectivity index (χ3v) is 3.19. The Labute approximate surface area is 76.2 Å². The second-order valence-electron chi connectivity index (χ2n) is 3.14. The van der Waals surface area contributed by atoms with Crippen molar-refractivity contribution < 1.29 is 4.79 Å². The Morgan fingerprint density at radius 2 is 2.17 bits per heavy atom. The highest BCUT2D eigenvalue weighted by atomic mass is 32.2. The van der Waals surface area contributed by atoms with Crippen LogP contribution in [-0.2, 0) is 0 Å². The number of thioether (sulfide) groups is 1. The summed E-state index contributed by atoms with van der Waals surface area (Å²) in [5.41, 5.74) is 3.26. The lowest BCUT2D eigenvalue weighted by molar-refractivity contribution is 0.109. The molecule has 1 atom stereocenters. The molecule has 0 fully saturated rings. The number of carbonyl (C=O) groups excluding carboxylic acids is 1. The molecule has 0 N–H and O–H groups in total. The molecule has 1 aliphatic heterocycles. The second-order valence-corrected chi connectivity index (χ2v) is 4.45. The molecule has 0 aliphatic carbocycles. The molecule has 62 valence electrons. The number of rotatable bonds is 0. The van der Waals surface area contributed by atoms with Gasteiger partial charge >= 0.3 is 0 Å². The number of hydrogen-bond donors (Lipinski definition) is 0. The maximum Gasteiger partial charge on any atom is 0.220 e. The molecule has 0 saturated carbocycles. The predicted molar refractivity (Wildman–Crippen MR) is 51.5 cm³/mol. The first-order chi connectivity index (χ1) is 5.68. The molecule has 0 spiro atoms.